The van der Waals surface area contributed by atoms with Crippen LogP contribution in [0.2, 0.25) is 0 Å². The lowest BCUT2D eigenvalue weighted by Gasteiger charge is -2.03. The summed E-state index contributed by atoms with van der Waals surface area (Å²) in [6.07, 6.45) is 1.30. The molecule has 0 aromatic heterocycles. The molecule has 18 heavy (non-hydrogen) atoms. The first-order valence-corrected chi connectivity index (χ1v) is 6.97. The molecule has 0 atom stereocenters. The summed E-state index contributed by atoms with van der Waals surface area (Å²) in [4.78, 5) is 11.1. The van der Waals surface area contributed by atoms with Gasteiger partial charge in [-0.15, -0.1) is 0 Å². The van der Waals surface area contributed by atoms with E-state index < -0.39 is 0 Å². The maximum Gasteiger partial charge on any atom is 0.332 e. The molecule has 0 aliphatic heterocycles. The number of hydrogen-bond donors (Lipinski definition) is 1. The number of carbonyl (C=O) groups is 1. The Bertz CT molecular complexity index is 408. The van der Waals surface area contributed by atoms with Crippen molar-refractivity contribution in [2.24, 2.45) is 5.73 Å². The summed E-state index contributed by atoms with van der Waals surface area (Å²) >= 11 is 1.74. The van der Waals surface area contributed by atoms with E-state index in [-0.39, 0.29) is 5.97 Å². The third-order valence-electron chi connectivity index (χ3n) is 2.21. The lowest BCUT2D eigenvalue weighted by Crippen LogP contribution is -2.06. The molecule has 1 rings (SSSR count). The fraction of sp³-hybridized carbons (Fsp3) is 0.357. The minimum Gasteiger partial charge on any atom is -0.462 e. The number of esters is 1. The molecule has 0 aliphatic rings. The van der Waals surface area contributed by atoms with Crippen LogP contribution in [0.25, 0.3) is 0 Å². The van der Waals surface area contributed by atoms with Crippen LogP contribution in [-0.2, 0) is 15.3 Å². The number of allylic oxidation sites excluding steroid dienone is 1. The van der Waals surface area contributed by atoms with Crippen molar-refractivity contribution < 1.29 is 9.53 Å². The molecule has 98 valence electrons. The molecule has 0 bridgehead atoms. The highest BCUT2D eigenvalue weighted by atomic mass is 32.2. The Labute approximate surface area is 112 Å². The van der Waals surface area contributed by atoms with Gasteiger partial charge in [-0.05, 0) is 19.4 Å². The predicted octanol–water partition coefficient (Wildman–Crippen LogP) is 2.63. The maximum atomic E-state index is 11.1. The Kier molecular flexibility index (Phi) is 6.36. The third-order valence-corrected chi connectivity index (χ3v) is 3.20. The average Bonchev–Trinajstić information content (AvgIpc) is 2.30. The van der Waals surface area contributed by atoms with Gasteiger partial charge in [0.2, 0.25) is 0 Å². The molecular formula is C14H19NO2S. The van der Waals surface area contributed by atoms with E-state index in [4.69, 9.17) is 10.5 Å². The van der Waals surface area contributed by atoms with Crippen LogP contribution in [0.3, 0.4) is 0 Å². The van der Waals surface area contributed by atoms with Gasteiger partial charge in [-0.25, -0.2) is 4.79 Å². The zero-order valence-electron chi connectivity index (χ0n) is 10.8. The van der Waals surface area contributed by atoms with E-state index in [1.54, 1.807) is 18.7 Å². The minimum absolute atomic E-state index is 0.370. The van der Waals surface area contributed by atoms with E-state index >= 15 is 0 Å². The number of thioether (sulfide) groups is 1. The molecule has 1 aromatic rings. The molecule has 4 heteroatoms. The van der Waals surface area contributed by atoms with Gasteiger partial charge in [0.15, 0.2) is 0 Å². The van der Waals surface area contributed by atoms with Crippen molar-refractivity contribution in [3.63, 3.8) is 0 Å². The lowest BCUT2D eigenvalue weighted by atomic mass is 10.2. The Hall–Kier alpha value is -1.42. The van der Waals surface area contributed by atoms with Crippen LogP contribution in [0.1, 0.15) is 18.1 Å². The van der Waals surface area contributed by atoms with E-state index in [1.165, 1.54) is 17.2 Å². The minimum atomic E-state index is -0.370. The first kappa shape index (κ1) is 14.6. The van der Waals surface area contributed by atoms with Crippen LogP contribution >= 0.6 is 11.8 Å². The molecule has 0 heterocycles. The van der Waals surface area contributed by atoms with Gasteiger partial charge < -0.3 is 10.5 Å². The van der Waals surface area contributed by atoms with Crippen molar-refractivity contribution in [1.29, 1.82) is 0 Å². The maximum absolute atomic E-state index is 11.1. The topological polar surface area (TPSA) is 52.3 Å². The van der Waals surface area contributed by atoms with Crippen LogP contribution in [0.15, 0.2) is 36.0 Å². The zero-order chi connectivity index (χ0) is 13.4. The van der Waals surface area contributed by atoms with Crippen molar-refractivity contribution in [3.8, 4) is 0 Å². The molecule has 0 unspecified atom stereocenters. The number of hydrogen-bond acceptors (Lipinski definition) is 4. The van der Waals surface area contributed by atoms with Gasteiger partial charge in [-0.2, -0.15) is 11.8 Å². The van der Waals surface area contributed by atoms with Gasteiger partial charge in [-0.3, -0.25) is 0 Å². The van der Waals surface area contributed by atoms with Crippen molar-refractivity contribution in [1.82, 2.24) is 0 Å². The third kappa shape index (κ3) is 6.35. The molecule has 0 radical (unpaired) electrons. The smallest absolute Gasteiger partial charge is 0.332 e. The van der Waals surface area contributed by atoms with Crippen molar-refractivity contribution in [2.45, 2.75) is 19.6 Å². The number of benzene rings is 1. The van der Waals surface area contributed by atoms with E-state index in [2.05, 4.69) is 31.2 Å². The van der Waals surface area contributed by atoms with Crippen LogP contribution in [0, 0.1) is 6.92 Å². The molecular weight excluding hydrogens is 246 g/mol. The van der Waals surface area contributed by atoms with Gasteiger partial charge >= 0.3 is 5.97 Å². The largest absolute Gasteiger partial charge is 0.462 e. The second kappa shape index (κ2) is 7.82. The summed E-state index contributed by atoms with van der Waals surface area (Å²) in [7, 11) is 0. The van der Waals surface area contributed by atoms with Crippen molar-refractivity contribution in [3.05, 3.63) is 47.2 Å². The second-order valence-corrected chi connectivity index (χ2v) is 5.20. The summed E-state index contributed by atoms with van der Waals surface area (Å²) < 4.78 is 4.99. The highest BCUT2D eigenvalue weighted by molar-refractivity contribution is 7.98. The Morgan fingerprint density at radius 1 is 1.39 bits per heavy atom. The Morgan fingerprint density at radius 2 is 2.06 bits per heavy atom. The van der Waals surface area contributed by atoms with Gasteiger partial charge in [0.25, 0.3) is 0 Å². The highest BCUT2D eigenvalue weighted by Crippen LogP contribution is 2.12. The zero-order valence-corrected chi connectivity index (χ0v) is 11.6. The van der Waals surface area contributed by atoms with E-state index in [0.717, 1.165) is 11.5 Å². The summed E-state index contributed by atoms with van der Waals surface area (Å²) in [6, 6.07) is 8.44. The summed E-state index contributed by atoms with van der Waals surface area (Å²) in [5, 5.41) is 0. The SMILES string of the molecule is C/C(N)=C/C(=O)OCCSCc1ccc(C)cc1. The number of nitrogens with two attached hydrogens (primary N) is 1. The molecule has 0 amide bonds. The first-order valence-electron chi connectivity index (χ1n) is 5.82. The quantitative estimate of drug-likeness (QED) is 0.488. The van der Waals surface area contributed by atoms with E-state index in [1.807, 2.05) is 0 Å². The van der Waals surface area contributed by atoms with E-state index in [0.29, 0.717) is 12.3 Å². The summed E-state index contributed by atoms with van der Waals surface area (Å²) in [5.74, 6) is 1.35. The predicted molar refractivity (Wildman–Crippen MR) is 76.2 cm³/mol. The Balaban J connectivity index is 2.14. The monoisotopic (exact) mass is 265 g/mol. The Morgan fingerprint density at radius 3 is 2.67 bits per heavy atom. The molecule has 0 aliphatic carbocycles. The highest BCUT2D eigenvalue weighted by Gasteiger charge is 1.98. The van der Waals surface area contributed by atoms with Gasteiger partial charge in [0, 0.05) is 23.3 Å². The normalized spacial score (nSPS) is 11.3. The lowest BCUT2D eigenvalue weighted by molar-refractivity contribution is -0.137. The van der Waals surface area contributed by atoms with Crippen LogP contribution in [0.5, 0.6) is 0 Å². The van der Waals surface area contributed by atoms with Crippen molar-refractivity contribution in [2.75, 3.05) is 12.4 Å². The number of rotatable bonds is 6. The molecule has 0 spiro atoms. The number of aryl methyl sites for hydroxylation is 1. The second-order valence-electron chi connectivity index (χ2n) is 4.09. The van der Waals surface area contributed by atoms with Crippen LogP contribution in [0.4, 0.5) is 0 Å². The first-order chi connectivity index (χ1) is 8.58. The summed E-state index contributed by atoms with van der Waals surface area (Å²) in [6.45, 7) is 4.15. The standard InChI is InChI=1S/C14H19NO2S/c1-11-3-5-13(6-4-11)10-18-8-7-17-14(16)9-12(2)15/h3-6,9H,7-8,10,15H2,1-2H3/b12-9-. The van der Waals surface area contributed by atoms with Gasteiger partial charge in [0.1, 0.15) is 6.61 Å². The molecule has 0 saturated heterocycles. The van der Waals surface area contributed by atoms with E-state index in [9.17, 15) is 4.79 Å². The van der Waals surface area contributed by atoms with Gasteiger partial charge in [-0.1, -0.05) is 29.8 Å². The molecule has 3 nitrogen and oxygen atoms in total. The van der Waals surface area contributed by atoms with Gasteiger partial charge in [0.05, 0.1) is 0 Å². The van der Waals surface area contributed by atoms with Crippen molar-refractivity contribution >= 4 is 17.7 Å². The fourth-order valence-electron chi connectivity index (χ4n) is 1.30. The molecule has 1 aromatic carbocycles. The number of ether oxygens (including phenoxy) is 1. The van der Waals surface area contributed by atoms with Crippen LogP contribution < -0.4 is 5.73 Å². The average molecular weight is 265 g/mol. The summed E-state index contributed by atoms with van der Waals surface area (Å²) in [5.41, 5.74) is 8.38. The van der Waals surface area contributed by atoms with Crippen LogP contribution in [-0.4, -0.2) is 18.3 Å². The number of carbonyl (C=O) groups excluding carboxylic acids is 1. The molecule has 2 N–H and O–H groups in total. The fourth-order valence-corrected chi connectivity index (χ4v) is 2.08. The molecule has 0 fully saturated rings. The molecule has 0 saturated carbocycles.